The number of halogens is 1. The van der Waals surface area contributed by atoms with E-state index in [4.69, 9.17) is 0 Å². The van der Waals surface area contributed by atoms with Gasteiger partial charge in [0.15, 0.2) is 0 Å². The maximum Gasteiger partial charge on any atom is 0.123 e. The minimum absolute atomic E-state index is 0.204. The van der Waals surface area contributed by atoms with Gasteiger partial charge in [-0.1, -0.05) is 30.3 Å². The third kappa shape index (κ3) is 4.19. The van der Waals surface area contributed by atoms with Crippen LogP contribution in [0.2, 0.25) is 0 Å². The number of piperidine rings is 1. The van der Waals surface area contributed by atoms with Crippen LogP contribution in [-0.2, 0) is 6.42 Å². The zero-order valence-electron chi connectivity index (χ0n) is 19.2. The highest BCUT2D eigenvalue weighted by Gasteiger charge is 2.19. The van der Waals surface area contributed by atoms with Crippen LogP contribution in [0.1, 0.15) is 18.4 Å². The van der Waals surface area contributed by atoms with E-state index in [0.717, 1.165) is 61.1 Å². The Bertz CT molecular complexity index is 1420. The molecule has 5 heteroatoms. The maximum absolute atomic E-state index is 13.6. The lowest BCUT2D eigenvalue weighted by atomic mass is 10.0. The summed E-state index contributed by atoms with van der Waals surface area (Å²) >= 11 is 0. The molecule has 1 aliphatic rings. The van der Waals surface area contributed by atoms with Crippen LogP contribution >= 0.6 is 0 Å². The van der Waals surface area contributed by atoms with E-state index in [2.05, 4.69) is 74.9 Å². The predicted octanol–water partition coefficient (Wildman–Crippen LogP) is 6.26. The number of benzene rings is 3. The quantitative estimate of drug-likeness (QED) is 0.285. The molecule has 0 spiro atoms. The second kappa shape index (κ2) is 8.99. The summed E-state index contributed by atoms with van der Waals surface area (Å²) in [5.41, 5.74) is 6.97. The molecule has 0 aliphatic carbocycles. The average molecular weight is 453 g/mol. The van der Waals surface area contributed by atoms with Crippen LogP contribution in [0.25, 0.3) is 33.1 Å². The highest BCUT2D eigenvalue weighted by Crippen LogP contribution is 2.29. The Balaban J connectivity index is 1.06. The van der Waals surface area contributed by atoms with Crippen LogP contribution in [0, 0.1) is 5.82 Å². The van der Waals surface area contributed by atoms with Gasteiger partial charge in [0, 0.05) is 58.5 Å². The van der Waals surface area contributed by atoms with Crippen molar-refractivity contribution in [2.24, 2.45) is 0 Å². The molecule has 3 heterocycles. The number of rotatable bonds is 6. The van der Waals surface area contributed by atoms with Crippen molar-refractivity contribution in [3.8, 4) is 11.3 Å². The molecule has 0 amide bonds. The van der Waals surface area contributed by atoms with Gasteiger partial charge in [-0.3, -0.25) is 0 Å². The first-order valence-corrected chi connectivity index (χ1v) is 12.1. The molecule has 3 N–H and O–H groups in total. The number of aromatic amines is 2. The standard InChI is InChI=1S/C29H29FN4/c30-23-8-9-27-22(16-23)18-29(33-27)20-4-3-5-25(17-20)34-14-11-24(12-15-34)31-13-10-21-19-32-28-7-2-1-6-26(21)28/h1-9,16-19,24,31-33H,10-15H2. The molecule has 0 radical (unpaired) electrons. The lowest BCUT2D eigenvalue weighted by molar-refractivity contribution is 0.418. The van der Waals surface area contributed by atoms with Gasteiger partial charge < -0.3 is 20.2 Å². The monoisotopic (exact) mass is 452 g/mol. The number of nitrogens with zero attached hydrogens (tertiary/aromatic N) is 1. The molecule has 1 fully saturated rings. The molecule has 0 bridgehead atoms. The maximum atomic E-state index is 13.6. The summed E-state index contributed by atoms with van der Waals surface area (Å²) in [5.74, 6) is -0.204. The molecule has 1 aliphatic heterocycles. The minimum atomic E-state index is -0.204. The third-order valence-corrected chi connectivity index (χ3v) is 7.10. The number of fused-ring (bicyclic) bond motifs is 2. The number of hydrogen-bond acceptors (Lipinski definition) is 2. The third-order valence-electron chi connectivity index (χ3n) is 7.10. The van der Waals surface area contributed by atoms with E-state index in [1.807, 2.05) is 6.07 Å². The van der Waals surface area contributed by atoms with Gasteiger partial charge in [-0.05, 0) is 79.4 Å². The summed E-state index contributed by atoms with van der Waals surface area (Å²) in [5, 5.41) is 6.01. The van der Waals surface area contributed by atoms with Crippen molar-refractivity contribution in [1.82, 2.24) is 15.3 Å². The van der Waals surface area contributed by atoms with Crippen LogP contribution in [-0.4, -0.2) is 35.6 Å². The fourth-order valence-electron chi connectivity index (χ4n) is 5.22. The summed E-state index contributed by atoms with van der Waals surface area (Å²) in [6, 6.07) is 24.6. The number of para-hydroxylation sites is 1. The van der Waals surface area contributed by atoms with Gasteiger partial charge in [0.2, 0.25) is 0 Å². The number of hydrogen-bond donors (Lipinski definition) is 3. The van der Waals surface area contributed by atoms with E-state index in [1.165, 1.54) is 28.2 Å². The van der Waals surface area contributed by atoms with Crippen molar-refractivity contribution in [2.45, 2.75) is 25.3 Å². The molecule has 34 heavy (non-hydrogen) atoms. The van der Waals surface area contributed by atoms with Crippen molar-refractivity contribution >= 4 is 27.5 Å². The van der Waals surface area contributed by atoms with Gasteiger partial charge in [0.05, 0.1) is 0 Å². The van der Waals surface area contributed by atoms with E-state index < -0.39 is 0 Å². The highest BCUT2D eigenvalue weighted by atomic mass is 19.1. The molecule has 3 aromatic carbocycles. The van der Waals surface area contributed by atoms with E-state index in [0.29, 0.717) is 6.04 Å². The van der Waals surface area contributed by atoms with Crippen molar-refractivity contribution in [1.29, 1.82) is 0 Å². The molecule has 0 atom stereocenters. The Labute approximate surface area is 198 Å². The first-order chi connectivity index (χ1) is 16.7. The molecule has 0 saturated carbocycles. The van der Waals surface area contributed by atoms with Crippen LogP contribution in [0.15, 0.2) is 79.0 Å². The minimum Gasteiger partial charge on any atom is -0.371 e. The summed E-state index contributed by atoms with van der Waals surface area (Å²) in [6.45, 7) is 3.10. The van der Waals surface area contributed by atoms with Crippen LogP contribution in [0.4, 0.5) is 10.1 Å². The molecule has 4 nitrogen and oxygen atoms in total. The van der Waals surface area contributed by atoms with E-state index >= 15 is 0 Å². The summed E-state index contributed by atoms with van der Waals surface area (Å²) < 4.78 is 13.6. The number of H-pyrrole nitrogens is 2. The number of anilines is 1. The topological polar surface area (TPSA) is 46.9 Å². The van der Waals surface area contributed by atoms with Crippen LogP contribution in [0.5, 0.6) is 0 Å². The van der Waals surface area contributed by atoms with Gasteiger partial charge in [-0.2, -0.15) is 0 Å². The average Bonchev–Trinajstić information content (AvgIpc) is 3.49. The largest absolute Gasteiger partial charge is 0.371 e. The van der Waals surface area contributed by atoms with Gasteiger partial charge >= 0.3 is 0 Å². The van der Waals surface area contributed by atoms with E-state index in [9.17, 15) is 4.39 Å². The van der Waals surface area contributed by atoms with Gasteiger partial charge in [0.1, 0.15) is 5.82 Å². The fourth-order valence-corrected chi connectivity index (χ4v) is 5.22. The normalized spacial score (nSPS) is 14.9. The van der Waals surface area contributed by atoms with Crippen LogP contribution < -0.4 is 10.2 Å². The lowest BCUT2D eigenvalue weighted by Gasteiger charge is -2.34. The van der Waals surface area contributed by atoms with Crippen molar-refractivity contribution in [3.05, 3.63) is 90.4 Å². The Morgan fingerprint density at radius 2 is 1.79 bits per heavy atom. The summed E-state index contributed by atoms with van der Waals surface area (Å²) in [7, 11) is 0. The molecule has 2 aromatic heterocycles. The number of aromatic nitrogens is 2. The van der Waals surface area contributed by atoms with Crippen molar-refractivity contribution < 1.29 is 4.39 Å². The van der Waals surface area contributed by atoms with Gasteiger partial charge in [0.25, 0.3) is 0 Å². The van der Waals surface area contributed by atoms with E-state index in [1.54, 1.807) is 12.1 Å². The second-order valence-corrected chi connectivity index (χ2v) is 9.29. The Hall–Kier alpha value is -3.57. The molecular weight excluding hydrogens is 423 g/mol. The Kier molecular flexibility index (Phi) is 5.55. The Morgan fingerprint density at radius 1 is 0.912 bits per heavy atom. The van der Waals surface area contributed by atoms with Crippen molar-refractivity contribution in [3.63, 3.8) is 0 Å². The fraction of sp³-hybridized carbons (Fsp3) is 0.241. The molecule has 172 valence electrons. The van der Waals surface area contributed by atoms with Crippen molar-refractivity contribution in [2.75, 3.05) is 24.5 Å². The van der Waals surface area contributed by atoms with Gasteiger partial charge in [-0.15, -0.1) is 0 Å². The first-order valence-electron chi connectivity index (χ1n) is 12.1. The Morgan fingerprint density at radius 3 is 2.71 bits per heavy atom. The number of nitrogens with one attached hydrogen (secondary N) is 3. The summed E-state index contributed by atoms with van der Waals surface area (Å²) in [4.78, 5) is 9.27. The highest BCUT2D eigenvalue weighted by molar-refractivity contribution is 5.86. The molecular formula is C29H29FN4. The molecule has 6 rings (SSSR count). The summed E-state index contributed by atoms with van der Waals surface area (Å²) in [6.07, 6.45) is 5.47. The second-order valence-electron chi connectivity index (χ2n) is 9.29. The van der Waals surface area contributed by atoms with Gasteiger partial charge in [-0.25, -0.2) is 4.39 Å². The van der Waals surface area contributed by atoms with Crippen LogP contribution in [0.3, 0.4) is 0 Å². The smallest absolute Gasteiger partial charge is 0.123 e. The molecule has 5 aromatic rings. The lowest BCUT2D eigenvalue weighted by Crippen LogP contribution is -2.43. The molecule has 0 unspecified atom stereocenters. The molecule has 1 saturated heterocycles. The van der Waals surface area contributed by atoms with E-state index in [-0.39, 0.29) is 5.82 Å². The zero-order valence-corrected chi connectivity index (χ0v) is 19.2. The zero-order chi connectivity index (χ0) is 22.9. The first kappa shape index (κ1) is 21.0. The predicted molar refractivity (Wildman–Crippen MR) is 139 cm³/mol. The SMILES string of the molecule is Fc1ccc2[nH]c(-c3cccc(N4CCC(NCCc5c[nH]c6ccccc56)CC4)c3)cc2c1.